The van der Waals surface area contributed by atoms with E-state index in [2.05, 4.69) is 30.0 Å². The maximum atomic E-state index is 14.3. The molecule has 2 atom stereocenters. The van der Waals surface area contributed by atoms with Gasteiger partial charge in [-0.25, -0.2) is 19.9 Å². The van der Waals surface area contributed by atoms with Crippen LogP contribution in [0.2, 0.25) is 0 Å². The lowest BCUT2D eigenvalue weighted by Crippen LogP contribution is -2.80. The lowest BCUT2D eigenvalue weighted by molar-refractivity contribution is -0.418. The van der Waals surface area contributed by atoms with E-state index in [1.165, 1.54) is 12.5 Å². The number of nitrogens with zero attached hydrogens (tertiary/aromatic N) is 8. The van der Waals surface area contributed by atoms with Gasteiger partial charge in [-0.2, -0.15) is 0 Å². The highest BCUT2D eigenvalue weighted by atomic mass is 19.4. The van der Waals surface area contributed by atoms with Crippen LogP contribution in [0.5, 0.6) is 5.75 Å². The maximum absolute atomic E-state index is 14.3. The molecule has 4 heterocycles. The average Bonchev–Trinajstić information content (AvgIpc) is 2.97. The van der Waals surface area contributed by atoms with E-state index in [1.54, 1.807) is 35.4 Å². The summed E-state index contributed by atoms with van der Waals surface area (Å²) in [4.78, 5) is 64.0. The molecule has 4 saturated carbocycles. The lowest BCUT2D eigenvalue weighted by atomic mass is 9.46. The Morgan fingerprint density at radius 2 is 1.83 bits per heavy atom. The third-order valence-electron chi connectivity index (χ3n) is 10.2. The fourth-order valence-electron chi connectivity index (χ4n) is 7.95. The van der Waals surface area contributed by atoms with Crippen LogP contribution >= 0.6 is 0 Å². The molecule has 2 N–H and O–H groups in total. The summed E-state index contributed by atoms with van der Waals surface area (Å²) >= 11 is 0. The predicted octanol–water partition coefficient (Wildman–Crippen LogP) is 2.05. The van der Waals surface area contributed by atoms with Gasteiger partial charge in [0, 0.05) is 63.7 Å². The Morgan fingerprint density at radius 1 is 1.12 bits per heavy atom. The number of anilines is 2. The van der Waals surface area contributed by atoms with Gasteiger partial charge < -0.3 is 29.7 Å². The molecule has 1 aliphatic heterocycles. The maximum Gasteiger partial charge on any atom is 0.523 e. The number of pyridine rings is 1. The smallest absolute Gasteiger partial charge is 0.504 e. The number of alkyl halides is 3. The van der Waals surface area contributed by atoms with Crippen LogP contribution in [0.1, 0.15) is 60.9 Å². The predicted molar refractivity (Wildman–Crippen MR) is 166 cm³/mol. The van der Waals surface area contributed by atoms with Gasteiger partial charge in [0.25, 0.3) is 5.91 Å². The number of aryl methyl sites for hydroxylation is 1. The number of rotatable bonds is 8. The second-order valence-electron chi connectivity index (χ2n) is 13.5. The van der Waals surface area contributed by atoms with Crippen molar-refractivity contribution < 1.29 is 32.6 Å². The van der Waals surface area contributed by atoms with E-state index >= 15 is 0 Å². The minimum Gasteiger partial charge on any atom is -0.504 e. The zero-order chi connectivity index (χ0) is 34.3. The van der Waals surface area contributed by atoms with Crippen molar-refractivity contribution in [2.45, 2.75) is 88.5 Å². The number of carbonyl (C=O) groups excluding carboxylic acids is 2. The van der Waals surface area contributed by atoms with E-state index in [0.29, 0.717) is 48.7 Å². The largest absolute Gasteiger partial charge is 0.523 e. The first-order valence-electron chi connectivity index (χ1n) is 15.9. The van der Waals surface area contributed by atoms with Crippen LogP contribution in [0.15, 0.2) is 17.3 Å². The Hall–Kier alpha value is -4.54. The summed E-state index contributed by atoms with van der Waals surface area (Å²) in [5, 5.41) is 13.4. The first-order chi connectivity index (χ1) is 22.6. The number of aromatic hydroxyl groups is 1. The molecule has 0 aromatic carbocycles. The molecule has 8 rings (SSSR count). The molecule has 4 aliphatic carbocycles. The molecule has 3 aromatic heterocycles. The van der Waals surface area contributed by atoms with Crippen molar-refractivity contribution in [1.29, 1.82) is 0 Å². The second kappa shape index (κ2) is 11.0. The number of ether oxygens (including phenoxy) is 1. The molecule has 14 nitrogen and oxygen atoms in total. The van der Waals surface area contributed by atoms with Crippen LogP contribution in [0.25, 0.3) is 11.2 Å². The van der Waals surface area contributed by atoms with Crippen molar-refractivity contribution in [3.05, 3.63) is 39.8 Å². The van der Waals surface area contributed by atoms with E-state index in [-0.39, 0.29) is 72.5 Å². The van der Waals surface area contributed by atoms with Crippen LogP contribution in [-0.4, -0.2) is 103 Å². The molecular weight excluding hydrogens is 635 g/mol. The van der Waals surface area contributed by atoms with Crippen molar-refractivity contribution in [1.82, 2.24) is 34.7 Å². The SMILES string of the molecule is CCc1c(N2CCN(C(=O)c3ncnc(C)c3O)[C@H]3CC[C@@H]32)c(=O)c2nc(N(C)C)cnc2n1CC(=O)NC12CC(OC(F)(F)F)(C1)C2. The number of nitrogens with one attached hydrogen (secondary N) is 1. The molecule has 48 heavy (non-hydrogen) atoms. The summed E-state index contributed by atoms with van der Waals surface area (Å²) in [6.07, 6.45) is 0.00761. The Bertz CT molecular complexity index is 1880. The van der Waals surface area contributed by atoms with Gasteiger partial charge >= 0.3 is 6.36 Å². The monoisotopic (exact) mass is 671 g/mol. The lowest BCUT2D eigenvalue weighted by Gasteiger charge is -2.69. The van der Waals surface area contributed by atoms with Gasteiger partial charge in [-0.05, 0) is 26.2 Å². The highest BCUT2D eigenvalue weighted by Gasteiger charge is 2.72. The topological polar surface area (TPSA) is 159 Å². The molecule has 3 aromatic rings. The van der Waals surface area contributed by atoms with Crippen molar-refractivity contribution >= 4 is 34.5 Å². The summed E-state index contributed by atoms with van der Waals surface area (Å²) in [5.74, 6) is -0.641. The first kappa shape index (κ1) is 32.0. The molecule has 256 valence electrons. The standard InChI is InChI=1S/C31H36F3N9O5/c1-5-17-24(41-8-9-42(19-7-6-18(19)41)28(47)23-25(45)16(2)36-15-37-23)26(46)22-27(35-10-20(38-22)40(3)4)43(17)11-21(44)39-29-12-30(13-29,14-29)48-31(32,33)34/h10,15,18-19,45H,5-9,11-14H2,1-4H3,(H,39,44)/t18-,19-,29?,30?/m0/s1. The van der Waals surface area contributed by atoms with Crippen LogP contribution < -0.4 is 20.5 Å². The fourth-order valence-corrected chi connectivity index (χ4v) is 7.95. The Balaban J connectivity index is 1.21. The molecule has 17 heteroatoms. The molecule has 5 aliphatic rings. The van der Waals surface area contributed by atoms with Gasteiger partial charge in [0.2, 0.25) is 11.3 Å². The number of hydrogen-bond acceptors (Lipinski definition) is 11. The van der Waals surface area contributed by atoms with E-state index in [9.17, 15) is 32.7 Å². The number of carbonyl (C=O) groups is 2. The number of aromatic nitrogens is 5. The molecule has 5 fully saturated rings. The van der Waals surface area contributed by atoms with E-state index in [1.807, 2.05) is 11.8 Å². The number of fused-ring (bicyclic) bond motifs is 2. The average molecular weight is 672 g/mol. The Labute approximate surface area is 272 Å². The van der Waals surface area contributed by atoms with Crippen molar-refractivity contribution in [3.63, 3.8) is 0 Å². The molecule has 0 spiro atoms. The zero-order valence-electron chi connectivity index (χ0n) is 27.0. The van der Waals surface area contributed by atoms with Gasteiger partial charge in [-0.1, -0.05) is 6.92 Å². The van der Waals surface area contributed by atoms with Gasteiger partial charge in [-0.3, -0.25) is 19.1 Å². The molecular formula is C31H36F3N9O5. The quantitative estimate of drug-likeness (QED) is 0.361. The molecule has 1 saturated heterocycles. The van der Waals surface area contributed by atoms with Crippen molar-refractivity contribution in [3.8, 4) is 5.75 Å². The highest BCUT2D eigenvalue weighted by Crippen LogP contribution is 2.64. The van der Waals surface area contributed by atoms with Crippen LogP contribution in [0.4, 0.5) is 24.7 Å². The normalized spacial score (nSPS) is 25.9. The third-order valence-corrected chi connectivity index (χ3v) is 10.2. The van der Waals surface area contributed by atoms with Crippen molar-refractivity contribution in [2.75, 3.05) is 37.0 Å². The fraction of sp³-hybridized carbons (Fsp3) is 0.581. The molecule has 0 unspecified atom stereocenters. The molecule has 2 amide bonds. The van der Waals surface area contributed by atoms with Crippen LogP contribution in [0, 0.1) is 6.92 Å². The van der Waals surface area contributed by atoms with E-state index in [4.69, 9.17) is 0 Å². The Morgan fingerprint density at radius 3 is 2.46 bits per heavy atom. The summed E-state index contributed by atoms with van der Waals surface area (Å²) in [7, 11) is 3.54. The van der Waals surface area contributed by atoms with Crippen LogP contribution in [0.3, 0.4) is 0 Å². The van der Waals surface area contributed by atoms with Gasteiger partial charge in [0.15, 0.2) is 22.6 Å². The van der Waals surface area contributed by atoms with Gasteiger partial charge in [-0.15, -0.1) is 13.2 Å². The van der Waals surface area contributed by atoms with Crippen LogP contribution in [-0.2, 0) is 22.5 Å². The third kappa shape index (κ3) is 5.09. The summed E-state index contributed by atoms with van der Waals surface area (Å²) < 4.78 is 44.5. The summed E-state index contributed by atoms with van der Waals surface area (Å²) in [6, 6.07) is -0.451. The first-order valence-corrected chi connectivity index (χ1v) is 15.9. The van der Waals surface area contributed by atoms with E-state index in [0.717, 1.165) is 0 Å². The minimum atomic E-state index is -4.74. The van der Waals surface area contributed by atoms with Crippen molar-refractivity contribution in [2.24, 2.45) is 0 Å². The zero-order valence-corrected chi connectivity index (χ0v) is 27.0. The highest BCUT2D eigenvalue weighted by molar-refractivity contribution is 5.95. The number of piperazine rings is 1. The minimum absolute atomic E-state index is 0.0685. The second-order valence-corrected chi connectivity index (χ2v) is 13.5. The van der Waals surface area contributed by atoms with Gasteiger partial charge in [0.05, 0.1) is 23.5 Å². The Kier molecular flexibility index (Phi) is 7.34. The number of halogens is 3. The molecule has 2 bridgehead atoms. The summed E-state index contributed by atoms with van der Waals surface area (Å²) in [5.41, 5.74) is -0.882. The number of hydrogen-bond donors (Lipinski definition) is 2. The van der Waals surface area contributed by atoms with Gasteiger partial charge in [0.1, 0.15) is 24.4 Å². The summed E-state index contributed by atoms with van der Waals surface area (Å²) in [6.45, 7) is 3.81. The molecule has 0 radical (unpaired) electrons. The number of amides is 2. The van der Waals surface area contributed by atoms with E-state index < -0.39 is 29.3 Å².